The van der Waals surface area contributed by atoms with Crippen molar-refractivity contribution in [2.45, 2.75) is 31.9 Å². The van der Waals surface area contributed by atoms with E-state index in [2.05, 4.69) is 5.32 Å². The van der Waals surface area contributed by atoms with E-state index >= 15 is 0 Å². The van der Waals surface area contributed by atoms with E-state index in [1.54, 1.807) is 11.8 Å². The van der Waals surface area contributed by atoms with Gasteiger partial charge in [0.05, 0.1) is 12.1 Å². The molecule has 0 saturated heterocycles. The second-order valence-electron chi connectivity index (χ2n) is 3.20. The quantitative estimate of drug-likeness (QED) is 0.562. The SMILES string of the molecule is CCC(O)CNC(=O)[C@@H](N)CCSC. The first-order valence-corrected chi connectivity index (χ1v) is 6.21. The number of hydrogen-bond donors (Lipinski definition) is 3. The predicted molar refractivity (Wildman–Crippen MR) is 60.3 cm³/mol. The lowest BCUT2D eigenvalue weighted by atomic mass is 10.2. The fourth-order valence-corrected chi connectivity index (χ4v) is 1.36. The second kappa shape index (κ2) is 8.08. The summed E-state index contributed by atoms with van der Waals surface area (Å²) in [4.78, 5) is 11.3. The van der Waals surface area contributed by atoms with E-state index in [1.807, 2.05) is 13.2 Å². The zero-order valence-corrected chi connectivity index (χ0v) is 9.64. The molecule has 1 amide bonds. The molecule has 2 atom stereocenters. The normalized spacial score (nSPS) is 14.9. The largest absolute Gasteiger partial charge is 0.391 e. The van der Waals surface area contributed by atoms with Crippen LogP contribution < -0.4 is 11.1 Å². The van der Waals surface area contributed by atoms with E-state index in [4.69, 9.17) is 5.73 Å². The van der Waals surface area contributed by atoms with Gasteiger partial charge in [0.15, 0.2) is 0 Å². The lowest BCUT2D eigenvalue weighted by Gasteiger charge is -2.13. The Morgan fingerprint density at radius 1 is 1.64 bits per heavy atom. The zero-order chi connectivity index (χ0) is 11.0. The first-order chi connectivity index (χ1) is 6.61. The maximum absolute atomic E-state index is 11.3. The van der Waals surface area contributed by atoms with Gasteiger partial charge in [0, 0.05) is 6.54 Å². The second-order valence-corrected chi connectivity index (χ2v) is 4.18. The molecule has 0 aromatic heterocycles. The number of carbonyl (C=O) groups is 1. The monoisotopic (exact) mass is 220 g/mol. The molecule has 0 radical (unpaired) electrons. The Bertz CT molecular complexity index is 167. The molecule has 0 saturated carbocycles. The highest BCUT2D eigenvalue weighted by atomic mass is 32.2. The Balaban J connectivity index is 3.61. The summed E-state index contributed by atoms with van der Waals surface area (Å²) in [6, 6.07) is -0.452. The van der Waals surface area contributed by atoms with Crippen LogP contribution in [0.1, 0.15) is 19.8 Å². The van der Waals surface area contributed by atoms with Crippen molar-refractivity contribution in [2.75, 3.05) is 18.6 Å². The van der Waals surface area contributed by atoms with Crippen LogP contribution in [0.5, 0.6) is 0 Å². The van der Waals surface area contributed by atoms with Gasteiger partial charge in [-0.2, -0.15) is 11.8 Å². The summed E-state index contributed by atoms with van der Waals surface area (Å²) in [5.41, 5.74) is 5.62. The molecule has 0 rings (SSSR count). The summed E-state index contributed by atoms with van der Waals surface area (Å²) >= 11 is 1.67. The molecule has 0 bridgehead atoms. The maximum atomic E-state index is 11.3. The number of aliphatic hydroxyl groups is 1. The molecule has 0 aliphatic heterocycles. The first-order valence-electron chi connectivity index (χ1n) is 4.82. The topological polar surface area (TPSA) is 75.3 Å². The fraction of sp³-hybridized carbons (Fsp3) is 0.889. The summed E-state index contributed by atoms with van der Waals surface area (Å²) < 4.78 is 0. The van der Waals surface area contributed by atoms with Crippen LogP contribution in [0, 0.1) is 0 Å². The van der Waals surface area contributed by atoms with Crippen LogP contribution >= 0.6 is 11.8 Å². The number of nitrogens with one attached hydrogen (secondary N) is 1. The Kier molecular flexibility index (Phi) is 7.93. The Labute approximate surface area is 89.6 Å². The van der Waals surface area contributed by atoms with Gasteiger partial charge in [-0.05, 0) is 24.9 Å². The van der Waals surface area contributed by atoms with Gasteiger partial charge >= 0.3 is 0 Å². The molecule has 0 heterocycles. The van der Waals surface area contributed by atoms with E-state index in [1.165, 1.54) is 0 Å². The van der Waals surface area contributed by atoms with Crippen LogP contribution in [0.15, 0.2) is 0 Å². The van der Waals surface area contributed by atoms with Crippen molar-refractivity contribution >= 4 is 17.7 Å². The molecule has 0 aliphatic carbocycles. The lowest BCUT2D eigenvalue weighted by Crippen LogP contribution is -2.43. The lowest BCUT2D eigenvalue weighted by molar-refractivity contribution is -0.122. The minimum absolute atomic E-state index is 0.174. The van der Waals surface area contributed by atoms with Crippen LogP contribution in [0.3, 0.4) is 0 Å². The van der Waals surface area contributed by atoms with Crippen molar-refractivity contribution in [1.29, 1.82) is 0 Å². The summed E-state index contributed by atoms with van der Waals surface area (Å²) in [6.07, 6.45) is 2.83. The molecule has 84 valence electrons. The molecule has 5 heteroatoms. The number of thioether (sulfide) groups is 1. The average Bonchev–Trinajstić information content (AvgIpc) is 2.21. The minimum Gasteiger partial charge on any atom is -0.391 e. The third kappa shape index (κ3) is 6.23. The standard InChI is InChI=1S/C9H20N2O2S/c1-3-7(12)6-11-9(13)8(10)4-5-14-2/h7-8,12H,3-6,10H2,1-2H3,(H,11,13)/t7?,8-/m0/s1. The molecule has 4 nitrogen and oxygen atoms in total. The molecule has 0 fully saturated rings. The molecule has 4 N–H and O–H groups in total. The van der Waals surface area contributed by atoms with Gasteiger partial charge in [-0.25, -0.2) is 0 Å². The van der Waals surface area contributed by atoms with Crippen LogP contribution in [0.2, 0.25) is 0 Å². The number of carbonyl (C=O) groups excluding carboxylic acids is 1. The van der Waals surface area contributed by atoms with Crippen molar-refractivity contribution in [3.63, 3.8) is 0 Å². The third-order valence-electron chi connectivity index (χ3n) is 1.95. The van der Waals surface area contributed by atoms with Crippen LogP contribution in [0.4, 0.5) is 0 Å². The highest BCUT2D eigenvalue weighted by molar-refractivity contribution is 7.98. The number of aliphatic hydroxyl groups excluding tert-OH is 1. The molecule has 0 aromatic rings. The molecule has 14 heavy (non-hydrogen) atoms. The minimum atomic E-state index is -0.466. The van der Waals surface area contributed by atoms with Gasteiger partial charge in [-0.1, -0.05) is 6.92 Å². The third-order valence-corrected chi connectivity index (χ3v) is 2.60. The van der Waals surface area contributed by atoms with E-state index in [-0.39, 0.29) is 5.91 Å². The average molecular weight is 220 g/mol. The predicted octanol–water partition coefficient (Wildman–Crippen LogP) is -0.0461. The van der Waals surface area contributed by atoms with E-state index in [0.29, 0.717) is 19.4 Å². The molecule has 0 aliphatic rings. The van der Waals surface area contributed by atoms with Crippen LogP contribution in [-0.2, 0) is 4.79 Å². The number of nitrogens with two attached hydrogens (primary N) is 1. The summed E-state index contributed by atoms with van der Waals surface area (Å²) in [5.74, 6) is 0.705. The van der Waals surface area contributed by atoms with Gasteiger partial charge in [-0.3, -0.25) is 4.79 Å². The van der Waals surface area contributed by atoms with Gasteiger partial charge in [0.25, 0.3) is 0 Å². The maximum Gasteiger partial charge on any atom is 0.237 e. The summed E-state index contributed by atoms with van der Waals surface area (Å²) in [6.45, 7) is 2.16. The highest BCUT2D eigenvalue weighted by Gasteiger charge is 2.13. The highest BCUT2D eigenvalue weighted by Crippen LogP contribution is 1.98. The zero-order valence-electron chi connectivity index (χ0n) is 8.82. The van der Waals surface area contributed by atoms with Gasteiger partial charge in [-0.15, -0.1) is 0 Å². The van der Waals surface area contributed by atoms with E-state index in [9.17, 15) is 9.90 Å². The van der Waals surface area contributed by atoms with E-state index < -0.39 is 12.1 Å². The van der Waals surface area contributed by atoms with Gasteiger partial charge in [0.2, 0.25) is 5.91 Å². The van der Waals surface area contributed by atoms with Crippen molar-refractivity contribution < 1.29 is 9.90 Å². The van der Waals surface area contributed by atoms with Crippen molar-refractivity contribution in [1.82, 2.24) is 5.32 Å². The van der Waals surface area contributed by atoms with Gasteiger partial charge in [0.1, 0.15) is 0 Å². The number of hydrogen-bond acceptors (Lipinski definition) is 4. The Morgan fingerprint density at radius 3 is 2.79 bits per heavy atom. The number of amides is 1. The fourth-order valence-electron chi connectivity index (χ4n) is 0.870. The van der Waals surface area contributed by atoms with E-state index in [0.717, 1.165) is 5.75 Å². The Hall–Kier alpha value is -0.260. The van der Waals surface area contributed by atoms with Gasteiger partial charge < -0.3 is 16.2 Å². The Morgan fingerprint density at radius 2 is 2.29 bits per heavy atom. The van der Waals surface area contributed by atoms with Crippen molar-refractivity contribution in [3.8, 4) is 0 Å². The summed E-state index contributed by atoms with van der Waals surface area (Å²) in [5, 5.41) is 11.8. The molecular weight excluding hydrogens is 200 g/mol. The molecule has 0 spiro atoms. The number of rotatable bonds is 7. The van der Waals surface area contributed by atoms with Crippen LogP contribution in [0.25, 0.3) is 0 Å². The first kappa shape index (κ1) is 13.7. The van der Waals surface area contributed by atoms with Crippen molar-refractivity contribution in [3.05, 3.63) is 0 Å². The molecular formula is C9H20N2O2S. The van der Waals surface area contributed by atoms with Crippen molar-refractivity contribution in [2.24, 2.45) is 5.73 Å². The smallest absolute Gasteiger partial charge is 0.237 e. The summed E-state index contributed by atoms with van der Waals surface area (Å²) in [7, 11) is 0. The van der Waals surface area contributed by atoms with Crippen LogP contribution in [-0.4, -0.2) is 41.7 Å². The molecule has 1 unspecified atom stereocenters. The molecule has 0 aromatic carbocycles.